The zero-order valence-electron chi connectivity index (χ0n) is 11.1. The summed E-state index contributed by atoms with van der Waals surface area (Å²) in [4.78, 5) is 10.0. The van der Waals surface area contributed by atoms with E-state index in [-0.39, 0.29) is 24.5 Å². The highest BCUT2D eigenvalue weighted by atomic mass is 31.2. The number of hydrogen-bond donors (Lipinski definition) is 1. The van der Waals surface area contributed by atoms with Crippen LogP contribution in [0.1, 0.15) is 25.2 Å². The van der Waals surface area contributed by atoms with Crippen molar-refractivity contribution in [2.45, 2.75) is 19.6 Å². The minimum absolute atomic E-state index is 0.0571. The first kappa shape index (κ1) is 16.7. The number of nitro groups is 1. The predicted molar refractivity (Wildman–Crippen MR) is 70.8 cm³/mol. The van der Waals surface area contributed by atoms with E-state index >= 15 is 0 Å². The molecule has 1 rings (SSSR count). The topological polar surface area (TPSA) is 105 Å². The van der Waals surface area contributed by atoms with Gasteiger partial charge in [0, 0.05) is 17.7 Å². The summed E-state index contributed by atoms with van der Waals surface area (Å²) >= 11 is 0. The Hall–Kier alpha value is -1.34. The van der Waals surface area contributed by atoms with Gasteiger partial charge in [-0.25, -0.2) is 4.39 Å². The van der Waals surface area contributed by atoms with Crippen LogP contribution in [-0.4, -0.2) is 18.1 Å². The monoisotopic (exact) mass is 306 g/mol. The molecular weight excluding hydrogens is 290 g/mol. The average molecular weight is 306 g/mol. The first-order valence-corrected chi connectivity index (χ1v) is 7.55. The molecule has 9 heteroatoms. The van der Waals surface area contributed by atoms with Crippen molar-refractivity contribution in [2.24, 2.45) is 5.73 Å². The van der Waals surface area contributed by atoms with Gasteiger partial charge < -0.3 is 14.8 Å². The maximum Gasteiger partial charge on any atom is 0.351 e. The number of benzene rings is 1. The molecule has 0 aliphatic heterocycles. The van der Waals surface area contributed by atoms with E-state index in [9.17, 15) is 19.1 Å². The van der Waals surface area contributed by atoms with E-state index in [2.05, 4.69) is 0 Å². The van der Waals surface area contributed by atoms with Crippen LogP contribution >= 0.6 is 7.60 Å². The van der Waals surface area contributed by atoms with Gasteiger partial charge in [-0.1, -0.05) is 0 Å². The normalized spacial score (nSPS) is 13.2. The minimum atomic E-state index is -3.79. The van der Waals surface area contributed by atoms with Crippen molar-refractivity contribution in [1.29, 1.82) is 0 Å². The average Bonchev–Trinajstić information content (AvgIpc) is 2.38. The van der Waals surface area contributed by atoms with Crippen molar-refractivity contribution >= 4 is 13.3 Å². The zero-order valence-corrected chi connectivity index (χ0v) is 12.0. The molecule has 0 bridgehead atoms. The van der Waals surface area contributed by atoms with Crippen LogP contribution in [0.25, 0.3) is 0 Å². The summed E-state index contributed by atoms with van der Waals surface area (Å²) in [6.07, 6.45) is 0. The van der Waals surface area contributed by atoms with Gasteiger partial charge in [-0.15, -0.1) is 0 Å². The van der Waals surface area contributed by atoms with Gasteiger partial charge in [0.1, 0.15) is 11.6 Å². The molecule has 1 aromatic rings. The fraction of sp³-hybridized carbons (Fsp3) is 0.455. The van der Waals surface area contributed by atoms with E-state index in [0.29, 0.717) is 0 Å². The first-order chi connectivity index (χ1) is 9.35. The van der Waals surface area contributed by atoms with Gasteiger partial charge in [-0.2, -0.15) is 0 Å². The molecule has 0 amide bonds. The number of rotatable bonds is 7. The smallest absolute Gasteiger partial charge is 0.314 e. The Morgan fingerprint density at radius 2 is 1.95 bits per heavy atom. The number of nitrogens with zero attached hydrogens (tertiary/aromatic N) is 1. The second-order valence-corrected chi connectivity index (χ2v) is 5.94. The molecular formula is C11H16FN2O5P. The Morgan fingerprint density at radius 3 is 2.40 bits per heavy atom. The van der Waals surface area contributed by atoms with Crippen molar-refractivity contribution in [1.82, 2.24) is 0 Å². The molecule has 0 saturated heterocycles. The van der Waals surface area contributed by atoms with Crippen molar-refractivity contribution in [3.63, 3.8) is 0 Å². The third kappa shape index (κ3) is 3.61. The number of nitrogens with two attached hydrogens (primary N) is 1. The van der Waals surface area contributed by atoms with Crippen molar-refractivity contribution in [3.8, 4) is 0 Å². The lowest BCUT2D eigenvalue weighted by Crippen LogP contribution is -2.16. The fourth-order valence-corrected chi connectivity index (χ4v) is 3.25. The van der Waals surface area contributed by atoms with Gasteiger partial charge >= 0.3 is 7.60 Å². The standard InChI is InChI=1S/C11H16FN2O5P/c1-3-18-20(17,19-4-2)11(13)9-7-8(14(15)16)5-6-10(9)12/h5-7,11H,3-4,13H2,1-2H3/t11-/m1/s1. The quantitative estimate of drug-likeness (QED) is 0.471. The molecule has 7 nitrogen and oxygen atoms in total. The predicted octanol–water partition coefficient (Wildman–Crippen LogP) is 2.96. The van der Waals surface area contributed by atoms with Gasteiger partial charge in [-0.05, 0) is 19.9 Å². The fourth-order valence-electron chi connectivity index (χ4n) is 1.60. The first-order valence-electron chi connectivity index (χ1n) is 5.94. The Morgan fingerprint density at radius 1 is 1.40 bits per heavy atom. The molecule has 0 radical (unpaired) electrons. The molecule has 0 aromatic heterocycles. The summed E-state index contributed by atoms with van der Waals surface area (Å²) in [5.41, 5.74) is 5.12. The summed E-state index contributed by atoms with van der Waals surface area (Å²) in [5.74, 6) is -2.23. The molecule has 112 valence electrons. The number of nitro benzene ring substituents is 1. The van der Waals surface area contributed by atoms with Crippen LogP contribution in [0.3, 0.4) is 0 Å². The lowest BCUT2D eigenvalue weighted by Gasteiger charge is -2.23. The van der Waals surface area contributed by atoms with Crippen LogP contribution in [0.2, 0.25) is 0 Å². The van der Waals surface area contributed by atoms with Crippen molar-refractivity contribution in [2.75, 3.05) is 13.2 Å². The molecule has 0 aliphatic rings. The van der Waals surface area contributed by atoms with Gasteiger partial charge in [0.05, 0.1) is 18.1 Å². The van der Waals surface area contributed by atoms with Crippen LogP contribution in [0.5, 0.6) is 0 Å². The van der Waals surface area contributed by atoms with Crippen LogP contribution in [0.15, 0.2) is 18.2 Å². The van der Waals surface area contributed by atoms with Crippen LogP contribution in [0.4, 0.5) is 10.1 Å². The lowest BCUT2D eigenvalue weighted by molar-refractivity contribution is -0.385. The Labute approximate surface area is 115 Å². The highest BCUT2D eigenvalue weighted by Crippen LogP contribution is 2.58. The Bertz CT molecular complexity index is 530. The molecule has 0 aliphatic carbocycles. The Kier molecular flexibility index (Phi) is 5.76. The third-order valence-corrected chi connectivity index (χ3v) is 4.66. The van der Waals surface area contributed by atoms with Crippen molar-refractivity contribution in [3.05, 3.63) is 39.7 Å². The van der Waals surface area contributed by atoms with E-state index in [0.717, 1.165) is 18.2 Å². The maximum absolute atomic E-state index is 13.8. The third-order valence-electron chi connectivity index (χ3n) is 2.47. The van der Waals surface area contributed by atoms with Gasteiger partial charge in [0.2, 0.25) is 0 Å². The van der Waals surface area contributed by atoms with Crippen LogP contribution in [0, 0.1) is 15.9 Å². The highest BCUT2D eigenvalue weighted by Gasteiger charge is 2.36. The lowest BCUT2D eigenvalue weighted by atomic mass is 10.2. The van der Waals surface area contributed by atoms with E-state index in [1.165, 1.54) is 0 Å². The molecule has 1 aromatic carbocycles. The summed E-state index contributed by atoms with van der Waals surface area (Å²) in [5, 5.41) is 10.7. The summed E-state index contributed by atoms with van der Waals surface area (Å²) in [7, 11) is -3.79. The molecule has 1 atom stereocenters. The molecule has 0 spiro atoms. The zero-order chi connectivity index (χ0) is 15.3. The van der Waals surface area contributed by atoms with E-state index < -0.39 is 24.1 Å². The van der Waals surface area contributed by atoms with Crippen LogP contribution < -0.4 is 5.73 Å². The number of halogens is 1. The molecule has 0 saturated carbocycles. The van der Waals surface area contributed by atoms with E-state index in [1.807, 2.05) is 0 Å². The summed E-state index contributed by atoms with van der Waals surface area (Å²) in [6, 6.07) is 2.83. The number of hydrogen-bond acceptors (Lipinski definition) is 6. The molecule has 2 N–H and O–H groups in total. The SMILES string of the molecule is CCOP(=O)(OCC)[C@@H](N)c1cc([N+](=O)[O-])ccc1F. The number of non-ortho nitro benzene ring substituents is 1. The van der Waals surface area contributed by atoms with Gasteiger partial charge in [0.25, 0.3) is 5.69 Å². The molecule has 0 unspecified atom stereocenters. The molecule has 0 fully saturated rings. The maximum atomic E-state index is 13.8. The summed E-state index contributed by atoms with van der Waals surface area (Å²) in [6.45, 7) is 3.29. The van der Waals surface area contributed by atoms with Gasteiger partial charge in [-0.3, -0.25) is 14.7 Å². The van der Waals surface area contributed by atoms with Crippen molar-refractivity contribution < 1.29 is 22.9 Å². The van der Waals surface area contributed by atoms with Gasteiger partial charge in [0.15, 0.2) is 0 Å². The molecule has 20 heavy (non-hydrogen) atoms. The van der Waals surface area contributed by atoms with Crippen LogP contribution in [-0.2, 0) is 13.6 Å². The van der Waals surface area contributed by atoms with E-state index in [4.69, 9.17) is 14.8 Å². The highest BCUT2D eigenvalue weighted by molar-refractivity contribution is 7.54. The second kappa shape index (κ2) is 6.90. The molecule has 0 heterocycles. The minimum Gasteiger partial charge on any atom is -0.314 e. The van der Waals surface area contributed by atoms with E-state index in [1.54, 1.807) is 13.8 Å². The Balaban J connectivity index is 3.23. The summed E-state index contributed by atoms with van der Waals surface area (Å²) < 4.78 is 36.2. The largest absolute Gasteiger partial charge is 0.351 e. The second-order valence-electron chi connectivity index (χ2n) is 3.78.